The van der Waals surface area contributed by atoms with E-state index in [2.05, 4.69) is 0 Å². The smallest absolute Gasteiger partial charge is 0.335 e. The highest BCUT2D eigenvalue weighted by Crippen LogP contribution is 2.34. The zero-order valence-corrected chi connectivity index (χ0v) is 16.5. The topological polar surface area (TPSA) is 132 Å². The van der Waals surface area contributed by atoms with Crippen LogP contribution in [-0.2, 0) is 26.0 Å². The Balaban J connectivity index is 1.59. The number of fused-ring (bicyclic) bond motifs is 1. The van der Waals surface area contributed by atoms with Crippen LogP contribution in [0.2, 0.25) is 0 Å². The van der Waals surface area contributed by atoms with Gasteiger partial charge in [-0.15, -0.1) is 0 Å². The van der Waals surface area contributed by atoms with E-state index >= 15 is 0 Å². The third kappa shape index (κ3) is 3.28. The minimum Gasteiger partial charge on any atom is -0.481 e. The maximum atomic E-state index is 13.1. The molecule has 0 radical (unpaired) electrons. The van der Waals surface area contributed by atoms with Crippen LogP contribution >= 0.6 is 0 Å². The Morgan fingerprint density at radius 1 is 1.03 bits per heavy atom. The summed E-state index contributed by atoms with van der Waals surface area (Å²) < 4.78 is 27.5. The zero-order chi connectivity index (χ0) is 21.6. The number of carboxylic acid groups (broad SMARTS) is 2. The molecule has 4 rings (SSSR count). The maximum Gasteiger partial charge on any atom is 0.335 e. The number of benzene rings is 2. The summed E-state index contributed by atoms with van der Waals surface area (Å²) in [6.07, 6.45) is 0.324. The Kier molecular flexibility index (Phi) is 4.73. The van der Waals surface area contributed by atoms with Gasteiger partial charge in [0.15, 0.2) is 0 Å². The number of carboxylic acids is 2. The summed E-state index contributed by atoms with van der Waals surface area (Å²) in [5.41, 5.74) is 1.64. The van der Waals surface area contributed by atoms with Gasteiger partial charge in [0.2, 0.25) is 5.91 Å². The minimum atomic E-state index is -3.87. The molecule has 0 saturated carbocycles. The van der Waals surface area contributed by atoms with Crippen molar-refractivity contribution >= 4 is 39.2 Å². The average molecular weight is 430 g/mol. The van der Waals surface area contributed by atoms with Crippen LogP contribution in [0.4, 0.5) is 11.4 Å². The van der Waals surface area contributed by atoms with Crippen LogP contribution in [0.15, 0.2) is 47.4 Å². The van der Waals surface area contributed by atoms with Crippen LogP contribution in [0, 0.1) is 5.92 Å². The SMILES string of the molecule is O=C(O)c1ccc2c(c1)CCN2S(=O)(=O)c1ccc(N2C[C@H](C(=O)O)CC2=O)cc1. The lowest BCUT2D eigenvalue weighted by Gasteiger charge is -2.21. The summed E-state index contributed by atoms with van der Waals surface area (Å²) in [5.74, 6) is -3.21. The normalized spacial score (nSPS) is 18.5. The molecule has 0 aliphatic carbocycles. The minimum absolute atomic E-state index is 0.0304. The number of hydrogen-bond donors (Lipinski definition) is 2. The van der Waals surface area contributed by atoms with Crippen molar-refractivity contribution < 1.29 is 33.0 Å². The zero-order valence-electron chi connectivity index (χ0n) is 15.7. The van der Waals surface area contributed by atoms with Crippen LogP contribution in [0.5, 0.6) is 0 Å². The molecule has 0 unspecified atom stereocenters. The van der Waals surface area contributed by atoms with E-state index in [0.717, 1.165) is 0 Å². The number of anilines is 2. The number of nitrogens with zero attached hydrogens (tertiary/aromatic N) is 2. The van der Waals surface area contributed by atoms with Gasteiger partial charge >= 0.3 is 11.9 Å². The van der Waals surface area contributed by atoms with E-state index in [0.29, 0.717) is 23.4 Å². The van der Waals surface area contributed by atoms with E-state index in [1.54, 1.807) is 0 Å². The molecule has 0 aromatic heterocycles. The fourth-order valence-corrected chi connectivity index (χ4v) is 5.31. The van der Waals surface area contributed by atoms with E-state index in [1.807, 2.05) is 0 Å². The van der Waals surface area contributed by atoms with Crippen molar-refractivity contribution in [2.24, 2.45) is 5.92 Å². The molecule has 2 heterocycles. The van der Waals surface area contributed by atoms with Crippen LogP contribution in [0.1, 0.15) is 22.3 Å². The summed E-state index contributed by atoms with van der Waals surface area (Å²) in [7, 11) is -3.87. The number of rotatable bonds is 5. The molecule has 1 amide bonds. The van der Waals surface area contributed by atoms with Crippen molar-refractivity contribution in [1.82, 2.24) is 0 Å². The molecule has 10 heteroatoms. The first-order valence-electron chi connectivity index (χ1n) is 9.20. The molecular weight excluding hydrogens is 412 g/mol. The van der Waals surface area contributed by atoms with Crippen molar-refractivity contribution in [2.45, 2.75) is 17.7 Å². The van der Waals surface area contributed by atoms with Crippen LogP contribution < -0.4 is 9.21 Å². The highest BCUT2D eigenvalue weighted by atomic mass is 32.2. The van der Waals surface area contributed by atoms with E-state index < -0.39 is 27.9 Å². The second-order valence-corrected chi connectivity index (χ2v) is 9.08. The number of aliphatic carboxylic acids is 1. The molecular formula is C20H18N2O7S. The molecule has 2 N–H and O–H groups in total. The molecule has 2 aliphatic heterocycles. The van der Waals surface area contributed by atoms with Gasteiger partial charge in [0.05, 0.1) is 22.1 Å². The van der Waals surface area contributed by atoms with Gasteiger partial charge in [0.25, 0.3) is 10.0 Å². The van der Waals surface area contributed by atoms with Crippen LogP contribution in [0.3, 0.4) is 0 Å². The number of amides is 1. The van der Waals surface area contributed by atoms with E-state index in [9.17, 15) is 22.8 Å². The van der Waals surface area contributed by atoms with Gasteiger partial charge in [0.1, 0.15) is 0 Å². The van der Waals surface area contributed by atoms with Gasteiger partial charge < -0.3 is 15.1 Å². The second-order valence-electron chi connectivity index (χ2n) is 7.21. The summed E-state index contributed by atoms with van der Waals surface area (Å²) in [5, 5.41) is 18.2. The second kappa shape index (κ2) is 7.13. The largest absolute Gasteiger partial charge is 0.481 e. The lowest BCUT2D eigenvalue weighted by atomic mass is 10.1. The van der Waals surface area contributed by atoms with Crippen molar-refractivity contribution in [3.63, 3.8) is 0 Å². The van der Waals surface area contributed by atoms with E-state index in [1.165, 1.54) is 51.7 Å². The Bertz CT molecular complexity index is 1160. The summed E-state index contributed by atoms with van der Waals surface area (Å²) in [6, 6.07) is 10.1. The summed E-state index contributed by atoms with van der Waals surface area (Å²) in [4.78, 5) is 35.7. The predicted molar refractivity (Wildman–Crippen MR) is 106 cm³/mol. The lowest BCUT2D eigenvalue weighted by molar-refractivity contribution is -0.141. The van der Waals surface area contributed by atoms with Gasteiger partial charge in [-0.25, -0.2) is 13.2 Å². The highest BCUT2D eigenvalue weighted by molar-refractivity contribution is 7.92. The van der Waals surface area contributed by atoms with Gasteiger partial charge in [-0.2, -0.15) is 0 Å². The van der Waals surface area contributed by atoms with Crippen LogP contribution in [-0.4, -0.2) is 49.6 Å². The standard InChI is InChI=1S/C20H18N2O7S/c23-18-10-14(20(26)27)11-21(18)15-2-4-16(5-3-15)30(28,29)22-8-7-12-9-13(19(24)25)1-6-17(12)22/h1-6,9,14H,7-8,10-11H2,(H,24,25)(H,26,27)/t14-/m1/s1. The van der Waals surface area contributed by atoms with Gasteiger partial charge in [0, 0.05) is 25.2 Å². The van der Waals surface area contributed by atoms with Crippen molar-refractivity contribution in [1.29, 1.82) is 0 Å². The quantitative estimate of drug-likeness (QED) is 0.736. The average Bonchev–Trinajstić information content (AvgIpc) is 3.31. The van der Waals surface area contributed by atoms with Crippen molar-refractivity contribution in [3.05, 3.63) is 53.6 Å². The summed E-state index contributed by atoms with van der Waals surface area (Å²) in [6.45, 7) is 0.249. The van der Waals surface area contributed by atoms with E-state index in [4.69, 9.17) is 10.2 Å². The predicted octanol–water partition coefficient (Wildman–Crippen LogP) is 1.57. The van der Waals surface area contributed by atoms with Gasteiger partial charge in [-0.05, 0) is 54.4 Å². The van der Waals surface area contributed by atoms with Crippen molar-refractivity contribution in [3.8, 4) is 0 Å². The van der Waals surface area contributed by atoms with Gasteiger partial charge in [-0.1, -0.05) is 0 Å². The van der Waals surface area contributed by atoms with Gasteiger partial charge in [-0.3, -0.25) is 13.9 Å². The fourth-order valence-electron chi connectivity index (χ4n) is 3.80. The monoisotopic (exact) mass is 430 g/mol. The molecule has 1 saturated heterocycles. The Hall–Kier alpha value is -3.40. The number of hydrogen-bond acceptors (Lipinski definition) is 5. The lowest BCUT2D eigenvalue weighted by Crippen LogP contribution is -2.29. The molecule has 2 aliphatic rings. The Morgan fingerprint density at radius 2 is 1.73 bits per heavy atom. The molecule has 0 bridgehead atoms. The third-order valence-corrected chi connectivity index (χ3v) is 7.22. The van der Waals surface area contributed by atoms with E-state index in [-0.39, 0.29) is 35.9 Å². The highest BCUT2D eigenvalue weighted by Gasteiger charge is 2.36. The number of aromatic carboxylic acids is 1. The molecule has 156 valence electrons. The summed E-state index contributed by atoms with van der Waals surface area (Å²) >= 11 is 0. The fraction of sp³-hybridized carbons (Fsp3) is 0.250. The molecule has 1 fully saturated rings. The molecule has 30 heavy (non-hydrogen) atoms. The maximum absolute atomic E-state index is 13.1. The van der Waals surface area contributed by atoms with Crippen molar-refractivity contribution in [2.75, 3.05) is 22.3 Å². The first-order valence-corrected chi connectivity index (χ1v) is 10.6. The molecule has 0 spiro atoms. The number of carbonyl (C=O) groups excluding carboxylic acids is 1. The first kappa shape index (κ1) is 19.9. The molecule has 2 aromatic rings. The molecule has 1 atom stereocenters. The third-order valence-electron chi connectivity index (χ3n) is 5.39. The Labute approximate surface area is 172 Å². The number of sulfonamides is 1. The molecule has 9 nitrogen and oxygen atoms in total. The Morgan fingerprint density at radius 3 is 2.33 bits per heavy atom. The van der Waals surface area contributed by atoms with Crippen LogP contribution in [0.25, 0.3) is 0 Å². The molecule has 2 aromatic carbocycles. The number of carbonyl (C=O) groups is 3. The first-order chi connectivity index (χ1) is 14.2.